The molecular formula is C10H17NO3. The predicted octanol–water partition coefficient (Wildman–Crippen LogP) is 2.11. The molecule has 0 aromatic carbocycles. The molecule has 1 atom stereocenters. The lowest BCUT2D eigenvalue weighted by atomic mass is 10.2. The molecule has 0 N–H and O–H groups in total. The Morgan fingerprint density at radius 1 is 1.57 bits per heavy atom. The van der Waals surface area contributed by atoms with Crippen molar-refractivity contribution in [2.45, 2.75) is 39.0 Å². The third-order valence-corrected chi connectivity index (χ3v) is 1.85. The number of ether oxygens (including phenoxy) is 2. The summed E-state index contributed by atoms with van der Waals surface area (Å²) < 4.78 is 10.3. The summed E-state index contributed by atoms with van der Waals surface area (Å²) in [5.74, 6) is 0. The predicted molar refractivity (Wildman–Crippen MR) is 52.6 cm³/mol. The van der Waals surface area contributed by atoms with Gasteiger partial charge in [0.2, 0.25) is 0 Å². The lowest BCUT2D eigenvalue weighted by Crippen LogP contribution is -2.53. The Balaban J connectivity index is 2.42. The maximum absolute atomic E-state index is 11.5. The zero-order chi connectivity index (χ0) is 10.8. The molecule has 1 unspecified atom stereocenters. The standard InChI is InChI=1S/C10H17NO3/c1-5-13-8-6-7-11(8)9(12)14-10(2,3)4/h5,8H,1,6-7H2,2-4H3. The van der Waals surface area contributed by atoms with Gasteiger partial charge >= 0.3 is 6.09 Å². The first-order valence-corrected chi connectivity index (χ1v) is 4.70. The van der Waals surface area contributed by atoms with Crippen LogP contribution < -0.4 is 0 Å². The molecule has 1 aliphatic heterocycles. The van der Waals surface area contributed by atoms with Crippen LogP contribution in [0, 0.1) is 0 Å². The molecule has 0 aromatic rings. The topological polar surface area (TPSA) is 38.8 Å². The lowest BCUT2D eigenvalue weighted by molar-refractivity contribution is -0.0852. The Hall–Kier alpha value is -1.19. The number of amides is 1. The fourth-order valence-corrected chi connectivity index (χ4v) is 1.15. The van der Waals surface area contributed by atoms with Crippen LogP contribution in [0.1, 0.15) is 27.2 Å². The maximum atomic E-state index is 11.5. The Morgan fingerprint density at radius 2 is 2.21 bits per heavy atom. The molecule has 0 aromatic heterocycles. The molecule has 1 fully saturated rings. The van der Waals surface area contributed by atoms with Crippen LogP contribution in [0.2, 0.25) is 0 Å². The molecule has 1 aliphatic rings. The summed E-state index contributed by atoms with van der Waals surface area (Å²) >= 11 is 0. The molecule has 0 aliphatic carbocycles. The van der Waals surface area contributed by atoms with Crippen molar-refractivity contribution in [1.82, 2.24) is 4.90 Å². The number of hydrogen-bond donors (Lipinski definition) is 0. The summed E-state index contributed by atoms with van der Waals surface area (Å²) in [6, 6.07) is 0. The first-order chi connectivity index (χ1) is 6.44. The molecule has 0 radical (unpaired) electrons. The van der Waals surface area contributed by atoms with Crippen molar-refractivity contribution in [2.24, 2.45) is 0 Å². The number of likely N-dealkylation sites (tertiary alicyclic amines) is 1. The van der Waals surface area contributed by atoms with E-state index in [4.69, 9.17) is 9.47 Å². The van der Waals surface area contributed by atoms with Gasteiger partial charge in [-0.3, -0.25) is 4.90 Å². The Kier molecular flexibility index (Phi) is 3.03. The lowest BCUT2D eigenvalue weighted by Gasteiger charge is -2.39. The van der Waals surface area contributed by atoms with Crippen LogP contribution in [0.15, 0.2) is 12.8 Å². The van der Waals surface area contributed by atoms with Gasteiger partial charge in [-0.25, -0.2) is 4.79 Å². The fourth-order valence-electron chi connectivity index (χ4n) is 1.15. The highest BCUT2D eigenvalue weighted by Crippen LogP contribution is 2.21. The summed E-state index contributed by atoms with van der Waals surface area (Å²) in [7, 11) is 0. The highest BCUT2D eigenvalue weighted by atomic mass is 16.6. The third kappa shape index (κ3) is 2.65. The molecule has 0 spiro atoms. The van der Waals surface area contributed by atoms with Gasteiger partial charge in [-0.1, -0.05) is 6.58 Å². The van der Waals surface area contributed by atoms with E-state index in [1.54, 1.807) is 4.90 Å². The minimum Gasteiger partial charge on any atom is -0.478 e. The Bertz CT molecular complexity index is 232. The van der Waals surface area contributed by atoms with Crippen LogP contribution in [-0.2, 0) is 9.47 Å². The molecule has 1 heterocycles. The number of carbonyl (C=O) groups is 1. The van der Waals surface area contributed by atoms with Gasteiger partial charge in [0.15, 0.2) is 6.23 Å². The van der Waals surface area contributed by atoms with Crippen LogP contribution in [0.3, 0.4) is 0 Å². The minimum atomic E-state index is -0.453. The molecule has 80 valence electrons. The van der Waals surface area contributed by atoms with Gasteiger partial charge in [0, 0.05) is 13.0 Å². The van der Waals surface area contributed by atoms with Crippen molar-refractivity contribution in [2.75, 3.05) is 6.54 Å². The van der Waals surface area contributed by atoms with E-state index in [0.717, 1.165) is 6.42 Å². The van der Waals surface area contributed by atoms with Gasteiger partial charge in [0.25, 0.3) is 0 Å². The van der Waals surface area contributed by atoms with Gasteiger partial charge in [-0.2, -0.15) is 0 Å². The molecule has 14 heavy (non-hydrogen) atoms. The van der Waals surface area contributed by atoms with Gasteiger partial charge in [0.05, 0.1) is 6.26 Å². The summed E-state index contributed by atoms with van der Waals surface area (Å²) in [5.41, 5.74) is -0.453. The second-order valence-corrected chi connectivity index (χ2v) is 4.22. The molecule has 1 amide bonds. The van der Waals surface area contributed by atoms with Crippen molar-refractivity contribution in [1.29, 1.82) is 0 Å². The normalized spacial score (nSPS) is 21.1. The van der Waals surface area contributed by atoms with Crippen LogP contribution in [-0.4, -0.2) is 29.4 Å². The van der Waals surface area contributed by atoms with Gasteiger partial charge in [0.1, 0.15) is 5.60 Å². The second-order valence-electron chi connectivity index (χ2n) is 4.22. The zero-order valence-corrected chi connectivity index (χ0v) is 8.95. The van der Waals surface area contributed by atoms with Crippen molar-refractivity contribution in [3.8, 4) is 0 Å². The SMILES string of the molecule is C=COC1CCN1C(=O)OC(C)(C)C. The van der Waals surface area contributed by atoms with Crippen molar-refractivity contribution >= 4 is 6.09 Å². The van der Waals surface area contributed by atoms with Crippen LogP contribution in [0.5, 0.6) is 0 Å². The minimum absolute atomic E-state index is 0.192. The van der Waals surface area contributed by atoms with E-state index < -0.39 is 5.60 Å². The van der Waals surface area contributed by atoms with Crippen molar-refractivity contribution < 1.29 is 14.3 Å². The monoisotopic (exact) mass is 199 g/mol. The number of rotatable bonds is 2. The molecule has 1 rings (SSSR count). The van der Waals surface area contributed by atoms with E-state index in [2.05, 4.69) is 6.58 Å². The summed E-state index contributed by atoms with van der Waals surface area (Å²) in [4.78, 5) is 13.1. The first kappa shape index (κ1) is 10.9. The number of hydrogen-bond acceptors (Lipinski definition) is 3. The van der Waals surface area contributed by atoms with Gasteiger partial charge in [-0.15, -0.1) is 0 Å². The molecule has 0 saturated carbocycles. The summed E-state index contributed by atoms with van der Waals surface area (Å²) in [5, 5.41) is 0. The van der Waals surface area contributed by atoms with Crippen LogP contribution >= 0.6 is 0 Å². The average molecular weight is 199 g/mol. The Labute approximate surface area is 84.5 Å². The van der Waals surface area contributed by atoms with Gasteiger partial charge < -0.3 is 9.47 Å². The maximum Gasteiger partial charge on any atom is 0.413 e. The zero-order valence-electron chi connectivity index (χ0n) is 8.95. The number of nitrogens with zero attached hydrogens (tertiary/aromatic N) is 1. The smallest absolute Gasteiger partial charge is 0.413 e. The first-order valence-electron chi connectivity index (χ1n) is 4.70. The summed E-state index contributed by atoms with van der Waals surface area (Å²) in [6.07, 6.45) is 1.67. The van der Waals surface area contributed by atoms with E-state index in [9.17, 15) is 4.79 Å². The summed E-state index contributed by atoms with van der Waals surface area (Å²) in [6.45, 7) is 9.66. The molecule has 0 bridgehead atoms. The number of carbonyl (C=O) groups excluding carboxylic acids is 1. The fraction of sp³-hybridized carbons (Fsp3) is 0.700. The van der Waals surface area contributed by atoms with Crippen molar-refractivity contribution in [3.05, 3.63) is 12.8 Å². The van der Waals surface area contributed by atoms with Crippen LogP contribution in [0.4, 0.5) is 4.79 Å². The molecule has 4 heteroatoms. The third-order valence-electron chi connectivity index (χ3n) is 1.85. The van der Waals surface area contributed by atoms with E-state index >= 15 is 0 Å². The molecule has 4 nitrogen and oxygen atoms in total. The Morgan fingerprint density at radius 3 is 2.57 bits per heavy atom. The second kappa shape index (κ2) is 3.90. The molecular weight excluding hydrogens is 182 g/mol. The molecule has 1 saturated heterocycles. The highest BCUT2D eigenvalue weighted by molar-refractivity contribution is 5.69. The van der Waals surface area contributed by atoms with E-state index in [1.165, 1.54) is 6.26 Å². The average Bonchev–Trinajstić information content (AvgIpc) is 1.93. The largest absolute Gasteiger partial charge is 0.478 e. The van der Waals surface area contributed by atoms with Crippen LogP contribution in [0.25, 0.3) is 0 Å². The van der Waals surface area contributed by atoms with E-state index in [0.29, 0.717) is 6.54 Å². The van der Waals surface area contributed by atoms with E-state index in [-0.39, 0.29) is 12.3 Å². The van der Waals surface area contributed by atoms with E-state index in [1.807, 2.05) is 20.8 Å². The quantitative estimate of drug-likeness (QED) is 0.639. The highest BCUT2D eigenvalue weighted by Gasteiger charge is 2.36. The van der Waals surface area contributed by atoms with Crippen molar-refractivity contribution in [3.63, 3.8) is 0 Å². The van der Waals surface area contributed by atoms with Gasteiger partial charge in [-0.05, 0) is 20.8 Å².